The number of likely N-dealkylation sites (tertiary alicyclic amines) is 1. The highest BCUT2D eigenvalue weighted by molar-refractivity contribution is 5.78. The Balaban J connectivity index is 1.37. The molecule has 0 radical (unpaired) electrons. The standard InChI is InChI=1S/C16H27N5O/c1-15-17-4-7-20(15)13-12-18-8-10-19(11-9-18)14-16(22)21-5-2-3-6-21/h4,7H,2-3,5-6,8-14H2,1H3. The van der Waals surface area contributed by atoms with Crippen LogP contribution >= 0.6 is 0 Å². The highest BCUT2D eigenvalue weighted by Gasteiger charge is 2.23. The molecule has 0 aromatic carbocycles. The van der Waals surface area contributed by atoms with Gasteiger partial charge in [0.05, 0.1) is 6.54 Å². The summed E-state index contributed by atoms with van der Waals surface area (Å²) >= 11 is 0. The quantitative estimate of drug-likeness (QED) is 0.791. The molecule has 1 amide bonds. The lowest BCUT2D eigenvalue weighted by atomic mass is 10.3. The Labute approximate surface area is 132 Å². The third kappa shape index (κ3) is 3.87. The molecule has 3 rings (SSSR count). The number of carbonyl (C=O) groups is 1. The molecule has 3 heterocycles. The van der Waals surface area contributed by atoms with Crippen molar-refractivity contribution in [1.82, 2.24) is 24.3 Å². The lowest BCUT2D eigenvalue weighted by Crippen LogP contribution is -2.50. The van der Waals surface area contributed by atoms with Crippen LogP contribution in [0.1, 0.15) is 18.7 Å². The number of imidazole rings is 1. The summed E-state index contributed by atoms with van der Waals surface area (Å²) in [4.78, 5) is 23.2. The van der Waals surface area contributed by atoms with Gasteiger partial charge in [-0.25, -0.2) is 4.98 Å². The first kappa shape index (κ1) is 15.5. The summed E-state index contributed by atoms with van der Waals surface area (Å²) in [7, 11) is 0. The first-order valence-corrected chi connectivity index (χ1v) is 8.42. The molecule has 6 nitrogen and oxygen atoms in total. The van der Waals surface area contributed by atoms with Crippen LogP contribution in [0.2, 0.25) is 0 Å². The summed E-state index contributed by atoms with van der Waals surface area (Å²) in [6.07, 6.45) is 6.25. The molecule has 2 fully saturated rings. The first-order valence-electron chi connectivity index (χ1n) is 8.42. The molecule has 0 aliphatic carbocycles. The van der Waals surface area contributed by atoms with Gasteiger partial charge in [0.2, 0.25) is 5.91 Å². The fraction of sp³-hybridized carbons (Fsp3) is 0.750. The molecule has 0 bridgehead atoms. The molecule has 1 aromatic rings. The third-order valence-corrected chi connectivity index (χ3v) is 4.86. The van der Waals surface area contributed by atoms with Gasteiger partial charge in [0.1, 0.15) is 5.82 Å². The van der Waals surface area contributed by atoms with Crippen LogP contribution in [0.3, 0.4) is 0 Å². The van der Waals surface area contributed by atoms with Gasteiger partial charge in [-0.05, 0) is 19.8 Å². The predicted octanol–water partition coefficient (Wildman–Crippen LogP) is 0.432. The van der Waals surface area contributed by atoms with Crippen LogP contribution in [0.4, 0.5) is 0 Å². The summed E-state index contributed by atoms with van der Waals surface area (Å²) in [5.41, 5.74) is 0. The summed E-state index contributed by atoms with van der Waals surface area (Å²) in [6.45, 7) is 10.7. The van der Waals surface area contributed by atoms with E-state index in [2.05, 4.69) is 19.4 Å². The molecule has 2 saturated heterocycles. The molecule has 0 N–H and O–H groups in total. The normalized spacial score (nSPS) is 20.7. The Morgan fingerprint density at radius 1 is 1.05 bits per heavy atom. The Hall–Kier alpha value is -1.40. The average Bonchev–Trinajstić information content (AvgIpc) is 3.18. The van der Waals surface area contributed by atoms with E-state index in [4.69, 9.17) is 0 Å². The van der Waals surface area contributed by atoms with Crippen molar-refractivity contribution in [2.75, 3.05) is 52.4 Å². The molecular weight excluding hydrogens is 278 g/mol. The Bertz CT molecular complexity index is 486. The van der Waals surface area contributed by atoms with Crippen LogP contribution in [0.25, 0.3) is 0 Å². The number of hydrogen-bond donors (Lipinski definition) is 0. The van der Waals surface area contributed by atoms with Crippen LogP contribution in [0.5, 0.6) is 0 Å². The summed E-state index contributed by atoms with van der Waals surface area (Å²) in [6, 6.07) is 0. The van der Waals surface area contributed by atoms with E-state index in [0.29, 0.717) is 12.5 Å². The van der Waals surface area contributed by atoms with E-state index >= 15 is 0 Å². The van der Waals surface area contributed by atoms with Gasteiger partial charge in [-0.15, -0.1) is 0 Å². The van der Waals surface area contributed by atoms with Gasteiger partial charge in [-0.3, -0.25) is 14.6 Å². The van der Waals surface area contributed by atoms with Gasteiger partial charge in [-0.2, -0.15) is 0 Å². The van der Waals surface area contributed by atoms with Crippen molar-refractivity contribution in [3.63, 3.8) is 0 Å². The number of amides is 1. The highest BCUT2D eigenvalue weighted by Crippen LogP contribution is 2.09. The number of aromatic nitrogens is 2. The Morgan fingerprint density at radius 3 is 2.36 bits per heavy atom. The second-order valence-corrected chi connectivity index (χ2v) is 6.37. The first-order chi connectivity index (χ1) is 10.7. The zero-order chi connectivity index (χ0) is 15.4. The third-order valence-electron chi connectivity index (χ3n) is 4.86. The Kier molecular flexibility index (Phi) is 5.10. The van der Waals surface area contributed by atoms with E-state index in [-0.39, 0.29) is 0 Å². The van der Waals surface area contributed by atoms with Crippen LogP contribution in [0.15, 0.2) is 12.4 Å². The zero-order valence-corrected chi connectivity index (χ0v) is 13.6. The van der Waals surface area contributed by atoms with Gasteiger partial charge in [-0.1, -0.05) is 0 Å². The summed E-state index contributed by atoms with van der Waals surface area (Å²) in [5, 5.41) is 0. The lowest BCUT2D eigenvalue weighted by molar-refractivity contribution is -0.131. The molecular formula is C16H27N5O. The van der Waals surface area contributed by atoms with Crippen molar-refractivity contribution in [1.29, 1.82) is 0 Å². The van der Waals surface area contributed by atoms with E-state index in [1.165, 1.54) is 12.8 Å². The molecule has 1 aromatic heterocycles. The van der Waals surface area contributed by atoms with Crippen molar-refractivity contribution in [3.8, 4) is 0 Å². The molecule has 0 spiro atoms. The predicted molar refractivity (Wildman–Crippen MR) is 85.7 cm³/mol. The zero-order valence-electron chi connectivity index (χ0n) is 13.6. The minimum atomic E-state index is 0.319. The SMILES string of the molecule is Cc1nccn1CCN1CCN(CC(=O)N2CCCC2)CC1. The van der Waals surface area contributed by atoms with Gasteiger partial charge in [0.25, 0.3) is 0 Å². The minimum absolute atomic E-state index is 0.319. The van der Waals surface area contributed by atoms with E-state index in [1.807, 2.05) is 24.2 Å². The fourth-order valence-corrected chi connectivity index (χ4v) is 3.32. The molecule has 0 unspecified atom stereocenters. The summed E-state index contributed by atoms with van der Waals surface area (Å²) in [5.74, 6) is 1.40. The smallest absolute Gasteiger partial charge is 0.236 e. The lowest BCUT2D eigenvalue weighted by Gasteiger charge is -2.35. The largest absolute Gasteiger partial charge is 0.342 e. The molecule has 22 heavy (non-hydrogen) atoms. The van der Waals surface area contributed by atoms with E-state index in [9.17, 15) is 4.79 Å². The van der Waals surface area contributed by atoms with E-state index < -0.39 is 0 Å². The van der Waals surface area contributed by atoms with Crippen LogP contribution in [0, 0.1) is 6.92 Å². The number of rotatable bonds is 5. The van der Waals surface area contributed by atoms with Crippen LogP contribution in [-0.2, 0) is 11.3 Å². The molecule has 2 aliphatic heterocycles. The van der Waals surface area contributed by atoms with Crippen molar-refractivity contribution in [2.45, 2.75) is 26.3 Å². The highest BCUT2D eigenvalue weighted by atomic mass is 16.2. The van der Waals surface area contributed by atoms with E-state index in [1.54, 1.807) is 0 Å². The molecule has 122 valence electrons. The van der Waals surface area contributed by atoms with Gasteiger partial charge < -0.3 is 9.47 Å². The van der Waals surface area contributed by atoms with E-state index in [0.717, 1.165) is 58.2 Å². The maximum absolute atomic E-state index is 12.2. The van der Waals surface area contributed by atoms with Crippen LogP contribution in [-0.4, -0.2) is 82.5 Å². The monoisotopic (exact) mass is 305 g/mol. The fourth-order valence-electron chi connectivity index (χ4n) is 3.32. The number of nitrogens with zero attached hydrogens (tertiary/aromatic N) is 5. The van der Waals surface area contributed by atoms with Crippen LogP contribution < -0.4 is 0 Å². The Morgan fingerprint density at radius 2 is 1.73 bits per heavy atom. The van der Waals surface area contributed by atoms with Gasteiger partial charge >= 0.3 is 0 Å². The summed E-state index contributed by atoms with van der Waals surface area (Å²) < 4.78 is 2.20. The number of carbonyl (C=O) groups excluding carboxylic acids is 1. The minimum Gasteiger partial charge on any atom is -0.342 e. The second-order valence-electron chi connectivity index (χ2n) is 6.37. The van der Waals surface area contributed by atoms with Crippen molar-refractivity contribution < 1.29 is 4.79 Å². The number of piperazine rings is 1. The second kappa shape index (κ2) is 7.24. The van der Waals surface area contributed by atoms with Crippen molar-refractivity contribution in [3.05, 3.63) is 18.2 Å². The van der Waals surface area contributed by atoms with Gasteiger partial charge in [0, 0.05) is 64.8 Å². The molecule has 0 saturated carbocycles. The maximum atomic E-state index is 12.2. The molecule has 0 atom stereocenters. The topological polar surface area (TPSA) is 44.6 Å². The van der Waals surface area contributed by atoms with Crippen molar-refractivity contribution in [2.24, 2.45) is 0 Å². The molecule has 6 heteroatoms. The maximum Gasteiger partial charge on any atom is 0.236 e. The number of hydrogen-bond acceptors (Lipinski definition) is 4. The molecule has 2 aliphatic rings. The van der Waals surface area contributed by atoms with Crippen molar-refractivity contribution >= 4 is 5.91 Å². The average molecular weight is 305 g/mol. The number of aryl methyl sites for hydroxylation is 1. The van der Waals surface area contributed by atoms with Gasteiger partial charge in [0.15, 0.2) is 0 Å².